The van der Waals surface area contributed by atoms with E-state index >= 15 is 0 Å². The van der Waals surface area contributed by atoms with Gasteiger partial charge in [-0.25, -0.2) is 13.2 Å². The zero-order valence-electron chi connectivity index (χ0n) is 8.11. The summed E-state index contributed by atoms with van der Waals surface area (Å²) in [5.41, 5.74) is 4.22. The highest BCUT2D eigenvalue weighted by molar-refractivity contribution is 9.10. The highest BCUT2D eigenvalue weighted by Crippen LogP contribution is 2.26. The first-order chi connectivity index (χ1) is 6.84. The fourth-order valence-electron chi connectivity index (χ4n) is 1.17. The lowest BCUT2D eigenvalue weighted by atomic mass is 9.94. The maximum Gasteiger partial charge on any atom is 0.256 e. The van der Waals surface area contributed by atoms with Gasteiger partial charge < -0.3 is 5.73 Å². The number of halogens is 4. The minimum Gasteiger partial charge on any atom is -0.320 e. The van der Waals surface area contributed by atoms with Gasteiger partial charge >= 0.3 is 0 Å². The number of hydrogen-bond acceptors (Lipinski definition) is 1. The summed E-state index contributed by atoms with van der Waals surface area (Å²) >= 11 is 3.01. The molecule has 1 atom stereocenters. The molecule has 0 fully saturated rings. The van der Waals surface area contributed by atoms with Gasteiger partial charge in [0.05, 0.1) is 10.0 Å². The summed E-state index contributed by atoms with van der Waals surface area (Å²) in [6.45, 7) is 1.25. The van der Waals surface area contributed by atoms with Crippen molar-refractivity contribution in [2.75, 3.05) is 0 Å². The second kappa shape index (κ2) is 4.53. The summed E-state index contributed by atoms with van der Waals surface area (Å²) in [5.74, 6) is -0.474. The minimum atomic E-state index is -2.65. The van der Waals surface area contributed by atoms with Gasteiger partial charge in [-0.1, -0.05) is 12.1 Å². The Labute approximate surface area is 94.6 Å². The van der Waals surface area contributed by atoms with E-state index in [1.807, 2.05) is 0 Å². The monoisotopic (exact) mass is 281 g/mol. The lowest BCUT2D eigenvalue weighted by Crippen LogP contribution is -2.45. The molecule has 0 radical (unpaired) electrons. The molecule has 0 bridgehead atoms. The average molecular weight is 282 g/mol. The highest BCUT2D eigenvalue weighted by Gasteiger charge is 2.31. The summed E-state index contributed by atoms with van der Waals surface area (Å²) in [5, 5.41) is 0. The Bertz CT molecular complexity index is 353. The fraction of sp³-hybridized carbons (Fsp3) is 0.400. The second-order valence-electron chi connectivity index (χ2n) is 3.70. The van der Waals surface area contributed by atoms with E-state index in [4.69, 9.17) is 5.73 Å². The Kier molecular flexibility index (Phi) is 3.78. The quantitative estimate of drug-likeness (QED) is 0.905. The van der Waals surface area contributed by atoms with Crippen LogP contribution < -0.4 is 5.73 Å². The van der Waals surface area contributed by atoms with Crippen molar-refractivity contribution in [1.29, 1.82) is 0 Å². The van der Waals surface area contributed by atoms with Gasteiger partial charge in [-0.15, -0.1) is 0 Å². The summed E-state index contributed by atoms with van der Waals surface area (Å²) in [6, 6.07) is 4.29. The molecule has 0 spiro atoms. The van der Waals surface area contributed by atoms with E-state index in [1.54, 1.807) is 6.07 Å². The maximum absolute atomic E-state index is 13.1. The lowest BCUT2D eigenvalue weighted by molar-refractivity contribution is 0.0638. The average Bonchev–Trinajstić information content (AvgIpc) is 2.12. The third kappa shape index (κ3) is 2.95. The molecule has 0 saturated carbocycles. The van der Waals surface area contributed by atoms with Crippen LogP contribution in [0.15, 0.2) is 22.7 Å². The summed E-state index contributed by atoms with van der Waals surface area (Å²) in [7, 11) is 0. The van der Waals surface area contributed by atoms with Crippen LogP contribution in [0.25, 0.3) is 0 Å². The molecule has 0 aromatic heterocycles. The molecule has 1 unspecified atom stereocenters. The summed E-state index contributed by atoms with van der Waals surface area (Å²) in [6.07, 6.45) is -2.73. The van der Waals surface area contributed by atoms with E-state index in [1.165, 1.54) is 19.1 Å². The van der Waals surface area contributed by atoms with Gasteiger partial charge in [-0.2, -0.15) is 0 Å². The van der Waals surface area contributed by atoms with E-state index in [0.29, 0.717) is 5.56 Å². The number of rotatable bonds is 3. The molecule has 0 saturated heterocycles. The molecule has 0 aliphatic carbocycles. The Morgan fingerprint density at radius 2 is 2.07 bits per heavy atom. The summed E-state index contributed by atoms with van der Waals surface area (Å²) in [4.78, 5) is 0. The second-order valence-corrected chi connectivity index (χ2v) is 4.49. The zero-order valence-corrected chi connectivity index (χ0v) is 9.69. The Hall–Kier alpha value is -0.550. The third-order valence-electron chi connectivity index (χ3n) is 2.10. The van der Waals surface area contributed by atoms with Crippen molar-refractivity contribution in [2.45, 2.75) is 25.3 Å². The molecule has 5 heteroatoms. The smallest absolute Gasteiger partial charge is 0.256 e. The molecule has 1 aromatic carbocycles. The van der Waals surface area contributed by atoms with Crippen molar-refractivity contribution >= 4 is 15.9 Å². The molecule has 1 nitrogen and oxygen atoms in total. The molecule has 1 aromatic rings. The molecule has 0 amide bonds. The molecule has 0 aliphatic heterocycles. The van der Waals surface area contributed by atoms with E-state index in [2.05, 4.69) is 15.9 Å². The van der Waals surface area contributed by atoms with Gasteiger partial charge in [-0.3, -0.25) is 0 Å². The number of nitrogens with two attached hydrogens (primary N) is 1. The predicted octanol–water partition coefficient (Wildman–Crippen LogP) is 3.11. The molecule has 0 heterocycles. The van der Waals surface area contributed by atoms with Crippen molar-refractivity contribution in [3.8, 4) is 0 Å². The Morgan fingerprint density at radius 1 is 1.47 bits per heavy atom. The molecular weight excluding hydrogens is 271 g/mol. The van der Waals surface area contributed by atoms with Gasteiger partial charge in [0.25, 0.3) is 6.43 Å². The highest BCUT2D eigenvalue weighted by atomic mass is 79.9. The van der Waals surface area contributed by atoms with Gasteiger partial charge in [0.2, 0.25) is 0 Å². The molecule has 15 heavy (non-hydrogen) atoms. The number of hydrogen-bond donors (Lipinski definition) is 1. The van der Waals surface area contributed by atoms with Crippen LogP contribution in [0, 0.1) is 5.82 Å². The molecular formula is C10H11BrF3N. The van der Waals surface area contributed by atoms with Crippen LogP contribution >= 0.6 is 15.9 Å². The van der Waals surface area contributed by atoms with Crippen molar-refractivity contribution in [3.05, 3.63) is 34.1 Å². The van der Waals surface area contributed by atoms with E-state index in [-0.39, 0.29) is 10.9 Å². The van der Waals surface area contributed by atoms with Crippen LogP contribution in [0.5, 0.6) is 0 Å². The van der Waals surface area contributed by atoms with Crippen molar-refractivity contribution < 1.29 is 13.2 Å². The van der Waals surface area contributed by atoms with E-state index in [0.717, 1.165) is 0 Å². The van der Waals surface area contributed by atoms with Crippen LogP contribution in [0.1, 0.15) is 12.5 Å². The van der Waals surface area contributed by atoms with E-state index in [9.17, 15) is 13.2 Å². The van der Waals surface area contributed by atoms with Gasteiger partial charge in [0.1, 0.15) is 5.82 Å². The number of alkyl halides is 2. The van der Waals surface area contributed by atoms with Gasteiger partial charge in [0, 0.05) is 0 Å². The number of benzene rings is 1. The summed E-state index contributed by atoms with van der Waals surface area (Å²) < 4.78 is 38.3. The van der Waals surface area contributed by atoms with Crippen LogP contribution in [0.4, 0.5) is 13.2 Å². The van der Waals surface area contributed by atoms with Crippen molar-refractivity contribution in [1.82, 2.24) is 0 Å². The maximum atomic E-state index is 13.1. The lowest BCUT2D eigenvalue weighted by Gasteiger charge is -2.24. The fourth-order valence-corrected chi connectivity index (χ4v) is 1.58. The molecule has 0 aliphatic rings. The van der Waals surface area contributed by atoms with Crippen molar-refractivity contribution in [3.63, 3.8) is 0 Å². The topological polar surface area (TPSA) is 26.0 Å². The normalized spacial score (nSPS) is 15.4. The van der Waals surface area contributed by atoms with Crippen LogP contribution in [0.3, 0.4) is 0 Å². The standard InChI is InChI=1S/C10H11BrF3N/c1-10(15,9(13)14)5-6-3-2-4-7(12)8(6)11/h2-4,9H,5,15H2,1H3. The molecule has 84 valence electrons. The van der Waals surface area contributed by atoms with Crippen LogP contribution in [-0.2, 0) is 6.42 Å². The van der Waals surface area contributed by atoms with Gasteiger partial charge in [0.15, 0.2) is 0 Å². The zero-order chi connectivity index (χ0) is 11.6. The van der Waals surface area contributed by atoms with Gasteiger partial charge in [-0.05, 0) is 40.9 Å². The minimum absolute atomic E-state index is 0.0803. The molecule has 2 N–H and O–H groups in total. The van der Waals surface area contributed by atoms with E-state index < -0.39 is 17.8 Å². The van der Waals surface area contributed by atoms with Crippen molar-refractivity contribution in [2.24, 2.45) is 5.73 Å². The predicted molar refractivity (Wildman–Crippen MR) is 56.4 cm³/mol. The SMILES string of the molecule is CC(N)(Cc1cccc(F)c1Br)C(F)F. The Balaban J connectivity index is 2.95. The Morgan fingerprint density at radius 3 is 2.60 bits per heavy atom. The largest absolute Gasteiger partial charge is 0.320 e. The van der Waals surface area contributed by atoms with Crippen LogP contribution in [-0.4, -0.2) is 12.0 Å². The first kappa shape index (κ1) is 12.5. The first-order valence-corrected chi connectivity index (χ1v) is 5.14. The third-order valence-corrected chi connectivity index (χ3v) is 2.99. The molecule has 1 rings (SSSR count). The van der Waals surface area contributed by atoms with Crippen LogP contribution in [0.2, 0.25) is 0 Å². The first-order valence-electron chi connectivity index (χ1n) is 4.34.